The summed E-state index contributed by atoms with van der Waals surface area (Å²) in [7, 11) is 0. The molecule has 0 aromatic rings. The standard InChI is InChI=1S/C14H28N2O/c1-11-5-4-8-16(12(11)2)9-14(3,10-17)15-13-6-7-13/h11-13,15,17H,4-10H2,1-3H3. The lowest BCUT2D eigenvalue weighted by atomic mass is 9.90. The van der Waals surface area contributed by atoms with Crippen LogP contribution in [0.1, 0.15) is 46.5 Å². The lowest BCUT2D eigenvalue weighted by Gasteiger charge is -2.43. The molecule has 0 radical (unpaired) electrons. The maximum Gasteiger partial charge on any atom is 0.0623 e. The molecule has 0 spiro atoms. The fourth-order valence-corrected chi connectivity index (χ4v) is 2.95. The molecule has 3 atom stereocenters. The second kappa shape index (κ2) is 5.25. The average molecular weight is 240 g/mol. The third-order valence-corrected chi connectivity index (χ3v) is 4.54. The van der Waals surface area contributed by atoms with Crippen LogP contribution >= 0.6 is 0 Å². The van der Waals surface area contributed by atoms with Crippen LogP contribution in [-0.2, 0) is 0 Å². The Morgan fingerprint density at radius 3 is 2.59 bits per heavy atom. The van der Waals surface area contributed by atoms with Crippen molar-refractivity contribution in [2.75, 3.05) is 19.7 Å². The molecular formula is C14H28N2O. The first-order valence-electron chi connectivity index (χ1n) is 7.17. The van der Waals surface area contributed by atoms with Crippen LogP contribution in [-0.4, -0.2) is 47.3 Å². The minimum absolute atomic E-state index is 0.119. The van der Waals surface area contributed by atoms with Crippen molar-refractivity contribution in [3.8, 4) is 0 Å². The van der Waals surface area contributed by atoms with Gasteiger partial charge in [0.1, 0.15) is 0 Å². The summed E-state index contributed by atoms with van der Waals surface area (Å²) in [5.41, 5.74) is -0.119. The maximum absolute atomic E-state index is 9.66. The predicted molar refractivity (Wildman–Crippen MR) is 71.1 cm³/mol. The number of nitrogens with one attached hydrogen (secondary N) is 1. The number of likely N-dealkylation sites (tertiary alicyclic amines) is 1. The van der Waals surface area contributed by atoms with Crippen LogP contribution in [0.2, 0.25) is 0 Å². The lowest BCUT2D eigenvalue weighted by Crippen LogP contribution is -2.58. The first-order valence-corrected chi connectivity index (χ1v) is 7.17. The van der Waals surface area contributed by atoms with E-state index >= 15 is 0 Å². The van der Waals surface area contributed by atoms with Gasteiger partial charge >= 0.3 is 0 Å². The van der Waals surface area contributed by atoms with Crippen molar-refractivity contribution < 1.29 is 5.11 Å². The molecule has 1 saturated heterocycles. The van der Waals surface area contributed by atoms with Gasteiger partial charge in [-0.25, -0.2) is 0 Å². The first-order chi connectivity index (χ1) is 8.04. The van der Waals surface area contributed by atoms with Crippen LogP contribution < -0.4 is 5.32 Å². The molecule has 0 amide bonds. The first kappa shape index (κ1) is 13.3. The van der Waals surface area contributed by atoms with E-state index < -0.39 is 0 Å². The fourth-order valence-electron chi connectivity index (χ4n) is 2.95. The highest BCUT2D eigenvalue weighted by atomic mass is 16.3. The molecule has 0 aromatic carbocycles. The molecule has 1 aliphatic heterocycles. The number of rotatable bonds is 5. The number of hydrogen-bond acceptors (Lipinski definition) is 3. The summed E-state index contributed by atoms with van der Waals surface area (Å²) in [6, 6.07) is 1.31. The highest BCUT2D eigenvalue weighted by Crippen LogP contribution is 2.27. The van der Waals surface area contributed by atoms with Crippen LogP contribution in [0.15, 0.2) is 0 Å². The Hall–Kier alpha value is -0.120. The number of hydrogen-bond donors (Lipinski definition) is 2. The Morgan fingerprint density at radius 2 is 2.00 bits per heavy atom. The normalized spacial score (nSPS) is 34.6. The highest BCUT2D eigenvalue weighted by molar-refractivity contribution is 4.95. The molecule has 0 aromatic heterocycles. The number of aliphatic hydroxyl groups is 1. The van der Waals surface area contributed by atoms with Crippen molar-refractivity contribution in [3.05, 3.63) is 0 Å². The highest BCUT2D eigenvalue weighted by Gasteiger charge is 2.36. The van der Waals surface area contributed by atoms with E-state index in [9.17, 15) is 5.11 Å². The molecule has 3 unspecified atom stereocenters. The van der Waals surface area contributed by atoms with Crippen LogP contribution in [0.25, 0.3) is 0 Å². The lowest BCUT2D eigenvalue weighted by molar-refractivity contribution is 0.0567. The summed E-state index contributed by atoms with van der Waals surface area (Å²) in [6.07, 6.45) is 5.21. The van der Waals surface area contributed by atoms with Crippen LogP contribution in [0.3, 0.4) is 0 Å². The number of aliphatic hydroxyl groups excluding tert-OH is 1. The van der Waals surface area contributed by atoms with Crippen LogP contribution in [0.5, 0.6) is 0 Å². The van der Waals surface area contributed by atoms with Crippen molar-refractivity contribution in [1.29, 1.82) is 0 Å². The smallest absolute Gasteiger partial charge is 0.0623 e. The van der Waals surface area contributed by atoms with Crippen LogP contribution in [0.4, 0.5) is 0 Å². The minimum Gasteiger partial charge on any atom is -0.394 e. The van der Waals surface area contributed by atoms with E-state index in [1.54, 1.807) is 0 Å². The van der Waals surface area contributed by atoms with Crippen molar-refractivity contribution in [2.24, 2.45) is 5.92 Å². The van der Waals surface area contributed by atoms with Gasteiger partial charge in [0.05, 0.1) is 12.1 Å². The molecule has 1 saturated carbocycles. The molecule has 17 heavy (non-hydrogen) atoms. The maximum atomic E-state index is 9.66. The third-order valence-electron chi connectivity index (χ3n) is 4.54. The van der Waals surface area contributed by atoms with Gasteiger partial charge in [-0.3, -0.25) is 4.90 Å². The summed E-state index contributed by atoms with van der Waals surface area (Å²) in [6.45, 7) is 9.25. The van der Waals surface area contributed by atoms with Gasteiger partial charge in [0.15, 0.2) is 0 Å². The Bertz CT molecular complexity index is 255. The van der Waals surface area contributed by atoms with Crippen molar-refractivity contribution >= 4 is 0 Å². The monoisotopic (exact) mass is 240 g/mol. The van der Waals surface area contributed by atoms with E-state index in [1.165, 1.54) is 32.2 Å². The van der Waals surface area contributed by atoms with Gasteiger partial charge in [0.2, 0.25) is 0 Å². The van der Waals surface area contributed by atoms with E-state index in [0.717, 1.165) is 12.5 Å². The molecule has 100 valence electrons. The van der Waals surface area contributed by atoms with Gasteiger partial charge in [-0.15, -0.1) is 0 Å². The molecular weight excluding hydrogens is 212 g/mol. The summed E-state index contributed by atoms with van der Waals surface area (Å²) < 4.78 is 0. The van der Waals surface area contributed by atoms with Gasteiger partial charge in [-0.2, -0.15) is 0 Å². The third kappa shape index (κ3) is 3.43. The molecule has 2 fully saturated rings. The van der Waals surface area contributed by atoms with Crippen molar-refractivity contribution in [2.45, 2.75) is 64.1 Å². The largest absolute Gasteiger partial charge is 0.394 e. The zero-order valence-corrected chi connectivity index (χ0v) is 11.6. The molecule has 2 rings (SSSR count). The quantitative estimate of drug-likeness (QED) is 0.766. The minimum atomic E-state index is -0.119. The second-order valence-corrected chi connectivity index (χ2v) is 6.47. The van der Waals surface area contributed by atoms with Crippen molar-refractivity contribution in [1.82, 2.24) is 10.2 Å². The number of nitrogens with zero attached hydrogens (tertiary/aromatic N) is 1. The fraction of sp³-hybridized carbons (Fsp3) is 1.00. The van der Waals surface area contributed by atoms with Gasteiger partial charge in [0.25, 0.3) is 0 Å². The Labute approximate surface area is 106 Å². The van der Waals surface area contributed by atoms with Crippen molar-refractivity contribution in [3.63, 3.8) is 0 Å². The molecule has 1 heterocycles. The van der Waals surface area contributed by atoms with Crippen LogP contribution in [0, 0.1) is 5.92 Å². The van der Waals surface area contributed by atoms with Gasteiger partial charge < -0.3 is 10.4 Å². The van der Waals surface area contributed by atoms with E-state index in [0.29, 0.717) is 12.1 Å². The van der Waals surface area contributed by atoms with Gasteiger partial charge in [-0.1, -0.05) is 6.92 Å². The average Bonchev–Trinajstić information content (AvgIpc) is 3.09. The molecule has 3 nitrogen and oxygen atoms in total. The Kier molecular flexibility index (Phi) is 4.11. The van der Waals surface area contributed by atoms with E-state index in [2.05, 4.69) is 31.0 Å². The van der Waals surface area contributed by atoms with E-state index in [-0.39, 0.29) is 12.1 Å². The summed E-state index contributed by atoms with van der Waals surface area (Å²) in [5.74, 6) is 0.785. The zero-order valence-electron chi connectivity index (χ0n) is 11.6. The molecule has 0 bridgehead atoms. The van der Waals surface area contributed by atoms with Gasteiger partial charge in [-0.05, 0) is 52.0 Å². The summed E-state index contributed by atoms with van der Waals surface area (Å²) in [5, 5.41) is 13.3. The molecule has 2 N–H and O–H groups in total. The second-order valence-electron chi connectivity index (χ2n) is 6.47. The molecule has 1 aliphatic carbocycles. The molecule has 3 heteroatoms. The van der Waals surface area contributed by atoms with E-state index in [4.69, 9.17) is 0 Å². The Balaban J connectivity index is 1.91. The zero-order chi connectivity index (χ0) is 12.5. The predicted octanol–water partition coefficient (Wildman–Crippen LogP) is 1.61. The molecule has 2 aliphatic rings. The summed E-state index contributed by atoms with van der Waals surface area (Å²) in [4.78, 5) is 2.56. The van der Waals surface area contributed by atoms with Gasteiger partial charge in [0, 0.05) is 18.6 Å². The SMILES string of the molecule is CC1CCCN(CC(C)(CO)NC2CC2)C1C. The topological polar surface area (TPSA) is 35.5 Å². The summed E-state index contributed by atoms with van der Waals surface area (Å²) >= 11 is 0. The number of piperidine rings is 1. The van der Waals surface area contributed by atoms with E-state index in [1.807, 2.05) is 0 Å². The Morgan fingerprint density at radius 1 is 1.29 bits per heavy atom.